The van der Waals surface area contributed by atoms with Crippen LogP contribution in [0.3, 0.4) is 0 Å². The first-order valence-electron chi connectivity index (χ1n) is 5.83. The van der Waals surface area contributed by atoms with Crippen LogP contribution in [0.2, 0.25) is 0 Å². The maximum Gasteiger partial charge on any atom is 0.131 e. The van der Waals surface area contributed by atoms with E-state index >= 15 is 0 Å². The van der Waals surface area contributed by atoms with Crippen molar-refractivity contribution in [1.29, 1.82) is 0 Å². The monoisotopic (exact) mass is 203 g/mol. The minimum absolute atomic E-state index is 0.818. The number of rotatable bonds is 2. The Labute approximate surface area is 90.5 Å². The summed E-state index contributed by atoms with van der Waals surface area (Å²) in [5.74, 6) is 2.04. The fourth-order valence-corrected chi connectivity index (χ4v) is 2.63. The molecule has 1 fully saturated rings. The van der Waals surface area contributed by atoms with Gasteiger partial charge in [-0.1, -0.05) is 6.07 Å². The molecular weight excluding hydrogens is 186 g/mol. The second kappa shape index (κ2) is 3.81. The van der Waals surface area contributed by atoms with E-state index in [-0.39, 0.29) is 0 Å². The van der Waals surface area contributed by atoms with Crippen LogP contribution in [0.1, 0.15) is 12.0 Å². The van der Waals surface area contributed by atoms with Crippen LogP contribution < -0.4 is 10.2 Å². The van der Waals surface area contributed by atoms with E-state index in [1.54, 1.807) is 0 Å². The van der Waals surface area contributed by atoms with Crippen molar-refractivity contribution < 1.29 is 0 Å². The fraction of sp³-hybridized carbons (Fsp3) is 0.583. The molecule has 1 atom stereocenters. The normalized spacial score (nSPS) is 24.5. The van der Waals surface area contributed by atoms with Gasteiger partial charge in [-0.15, -0.1) is 0 Å². The van der Waals surface area contributed by atoms with Crippen LogP contribution in [-0.4, -0.2) is 31.2 Å². The summed E-state index contributed by atoms with van der Waals surface area (Å²) in [6, 6.07) is 4.24. The Balaban J connectivity index is 1.73. The van der Waals surface area contributed by atoms with Gasteiger partial charge in [0.15, 0.2) is 0 Å². The maximum atomic E-state index is 4.49. The summed E-state index contributed by atoms with van der Waals surface area (Å²) >= 11 is 0. The Kier molecular flexibility index (Phi) is 2.33. The predicted octanol–water partition coefficient (Wildman–Crippen LogP) is 1.05. The topological polar surface area (TPSA) is 28.2 Å². The number of nitrogens with zero attached hydrogens (tertiary/aromatic N) is 2. The van der Waals surface area contributed by atoms with Crippen LogP contribution in [0, 0.1) is 5.92 Å². The second-order valence-electron chi connectivity index (χ2n) is 4.54. The summed E-state index contributed by atoms with van der Waals surface area (Å²) in [5.41, 5.74) is 1.42. The van der Waals surface area contributed by atoms with E-state index in [2.05, 4.69) is 21.3 Å². The van der Waals surface area contributed by atoms with Gasteiger partial charge in [0.2, 0.25) is 0 Å². The third-order valence-electron chi connectivity index (χ3n) is 3.46. The van der Waals surface area contributed by atoms with E-state index in [0.717, 1.165) is 12.5 Å². The van der Waals surface area contributed by atoms with Gasteiger partial charge in [-0.25, -0.2) is 4.98 Å². The van der Waals surface area contributed by atoms with Crippen LogP contribution in [-0.2, 0) is 6.42 Å². The molecule has 0 aliphatic carbocycles. The molecule has 3 rings (SSSR count). The molecule has 1 aromatic heterocycles. The molecule has 1 saturated heterocycles. The first-order chi connectivity index (χ1) is 7.43. The maximum absolute atomic E-state index is 4.49. The molecule has 0 saturated carbocycles. The van der Waals surface area contributed by atoms with Gasteiger partial charge in [0.1, 0.15) is 5.82 Å². The van der Waals surface area contributed by atoms with E-state index in [4.69, 9.17) is 0 Å². The van der Waals surface area contributed by atoms with Crippen molar-refractivity contribution in [2.45, 2.75) is 12.8 Å². The third kappa shape index (κ3) is 1.72. The van der Waals surface area contributed by atoms with Crippen molar-refractivity contribution in [3.8, 4) is 0 Å². The van der Waals surface area contributed by atoms with Gasteiger partial charge in [0.25, 0.3) is 0 Å². The van der Waals surface area contributed by atoms with Crippen molar-refractivity contribution in [1.82, 2.24) is 10.3 Å². The molecule has 0 amide bonds. The van der Waals surface area contributed by atoms with Crippen molar-refractivity contribution in [2.24, 2.45) is 5.92 Å². The standard InChI is InChI=1S/C12H17N3/c1-2-11-4-7-15(12(11)14-5-1)9-10-3-6-13-8-10/h1-2,5,10,13H,3-4,6-9H2. The molecule has 80 valence electrons. The van der Waals surface area contributed by atoms with Gasteiger partial charge in [0.05, 0.1) is 0 Å². The molecule has 15 heavy (non-hydrogen) atoms. The van der Waals surface area contributed by atoms with Gasteiger partial charge >= 0.3 is 0 Å². The van der Waals surface area contributed by atoms with E-state index < -0.39 is 0 Å². The van der Waals surface area contributed by atoms with Gasteiger partial charge in [-0.2, -0.15) is 0 Å². The zero-order chi connectivity index (χ0) is 10.1. The largest absolute Gasteiger partial charge is 0.356 e. The number of nitrogens with one attached hydrogen (secondary N) is 1. The molecule has 1 unspecified atom stereocenters. The molecule has 2 aliphatic heterocycles. The Morgan fingerprint density at radius 3 is 3.40 bits per heavy atom. The van der Waals surface area contributed by atoms with Crippen LogP contribution in [0.15, 0.2) is 18.3 Å². The molecule has 0 radical (unpaired) electrons. The number of fused-ring (bicyclic) bond motifs is 1. The van der Waals surface area contributed by atoms with Crippen LogP contribution >= 0.6 is 0 Å². The van der Waals surface area contributed by atoms with Gasteiger partial charge in [0, 0.05) is 19.3 Å². The van der Waals surface area contributed by atoms with Crippen molar-refractivity contribution in [2.75, 3.05) is 31.1 Å². The lowest BCUT2D eigenvalue weighted by atomic mass is 10.1. The molecular formula is C12H17N3. The summed E-state index contributed by atoms with van der Waals surface area (Å²) in [6.45, 7) is 4.70. The Bertz CT molecular complexity index is 344. The third-order valence-corrected chi connectivity index (χ3v) is 3.46. The number of aromatic nitrogens is 1. The highest BCUT2D eigenvalue weighted by atomic mass is 15.2. The lowest BCUT2D eigenvalue weighted by molar-refractivity contribution is 0.565. The quantitative estimate of drug-likeness (QED) is 0.779. The molecule has 0 aromatic carbocycles. The zero-order valence-electron chi connectivity index (χ0n) is 8.95. The Hall–Kier alpha value is -1.09. The number of pyridine rings is 1. The minimum Gasteiger partial charge on any atom is -0.356 e. The smallest absolute Gasteiger partial charge is 0.131 e. The van der Waals surface area contributed by atoms with Crippen LogP contribution in [0.25, 0.3) is 0 Å². The minimum atomic E-state index is 0.818. The first kappa shape index (κ1) is 9.16. The average Bonchev–Trinajstić information content (AvgIpc) is 2.89. The predicted molar refractivity (Wildman–Crippen MR) is 61.1 cm³/mol. The van der Waals surface area contributed by atoms with E-state index in [9.17, 15) is 0 Å². The highest BCUT2D eigenvalue weighted by Crippen LogP contribution is 2.26. The van der Waals surface area contributed by atoms with Crippen molar-refractivity contribution in [3.63, 3.8) is 0 Å². The lowest BCUT2D eigenvalue weighted by Crippen LogP contribution is -2.29. The first-order valence-corrected chi connectivity index (χ1v) is 5.83. The summed E-state index contributed by atoms with van der Waals surface area (Å²) in [7, 11) is 0. The van der Waals surface area contributed by atoms with E-state index in [0.29, 0.717) is 0 Å². The zero-order valence-corrected chi connectivity index (χ0v) is 8.95. The molecule has 0 spiro atoms. The summed E-state index contributed by atoms with van der Waals surface area (Å²) in [6.07, 6.45) is 4.39. The second-order valence-corrected chi connectivity index (χ2v) is 4.54. The summed E-state index contributed by atoms with van der Waals surface area (Å²) < 4.78 is 0. The number of anilines is 1. The molecule has 3 heteroatoms. The van der Waals surface area contributed by atoms with Gasteiger partial charge < -0.3 is 10.2 Å². The Morgan fingerprint density at radius 1 is 1.53 bits per heavy atom. The highest BCUT2D eigenvalue weighted by Gasteiger charge is 2.24. The fourth-order valence-electron chi connectivity index (χ4n) is 2.63. The molecule has 0 bridgehead atoms. The average molecular weight is 203 g/mol. The van der Waals surface area contributed by atoms with Gasteiger partial charge in [-0.3, -0.25) is 0 Å². The van der Waals surface area contributed by atoms with E-state index in [1.165, 1.54) is 43.9 Å². The lowest BCUT2D eigenvalue weighted by Gasteiger charge is -2.21. The SMILES string of the molecule is c1cnc2c(c1)CCN2CC1CCNC1. The van der Waals surface area contributed by atoms with Gasteiger partial charge in [-0.05, 0) is 43.5 Å². The number of hydrogen-bond donors (Lipinski definition) is 1. The highest BCUT2D eigenvalue weighted by molar-refractivity contribution is 5.51. The van der Waals surface area contributed by atoms with Crippen LogP contribution in [0.4, 0.5) is 5.82 Å². The molecule has 2 aliphatic rings. The molecule has 1 N–H and O–H groups in total. The van der Waals surface area contributed by atoms with E-state index in [1.807, 2.05) is 12.3 Å². The van der Waals surface area contributed by atoms with Crippen molar-refractivity contribution >= 4 is 5.82 Å². The Morgan fingerprint density at radius 2 is 2.53 bits per heavy atom. The molecule has 3 nitrogen and oxygen atoms in total. The summed E-state index contributed by atoms with van der Waals surface area (Å²) in [5, 5.41) is 3.42. The molecule has 1 aromatic rings. The number of hydrogen-bond acceptors (Lipinski definition) is 3. The summed E-state index contributed by atoms with van der Waals surface area (Å²) in [4.78, 5) is 6.94. The van der Waals surface area contributed by atoms with Crippen molar-refractivity contribution in [3.05, 3.63) is 23.9 Å². The molecule has 3 heterocycles. The van der Waals surface area contributed by atoms with Crippen LogP contribution in [0.5, 0.6) is 0 Å².